The number of nitrogens with zero attached hydrogens (tertiary/aromatic N) is 1. The van der Waals surface area contributed by atoms with Gasteiger partial charge in [-0.3, -0.25) is 14.4 Å². The molecule has 1 aromatic carbocycles. The van der Waals surface area contributed by atoms with Gasteiger partial charge in [0.05, 0.1) is 6.26 Å². The van der Waals surface area contributed by atoms with Gasteiger partial charge in [-0.25, -0.2) is 0 Å². The molecule has 0 bridgehead atoms. The molecule has 1 aliphatic rings. The maximum absolute atomic E-state index is 12.7. The van der Waals surface area contributed by atoms with E-state index in [-0.39, 0.29) is 25.3 Å². The van der Waals surface area contributed by atoms with Gasteiger partial charge >= 0.3 is 0 Å². The highest BCUT2D eigenvalue weighted by atomic mass is 16.3. The summed E-state index contributed by atoms with van der Waals surface area (Å²) in [7, 11) is 0. The van der Waals surface area contributed by atoms with Crippen LogP contribution >= 0.6 is 0 Å². The zero-order chi connectivity index (χ0) is 20.8. The first-order valence-corrected chi connectivity index (χ1v) is 9.55. The van der Waals surface area contributed by atoms with Gasteiger partial charge in [0.25, 0.3) is 5.91 Å². The van der Waals surface area contributed by atoms with Crippen LogP contribution in [0.1, 0.15) is 25.0 Å². The molecule has 8 heteroatoms. The first kappa shape index (κ1) is 20.8. The lowest BCUT2D eigenvalue weighted by atomic mass is 10.0. The number of nitrogens with one attached hydrogen (secondary N) is 1. The number of benzene rings is 1. The second-order valence-electron chi connectivity index (χ2n) is 6.98. The van der Waals surface area contributed by atoms with Crippen molar-refractivity contribution in [2.75, 3.05) is 11.9 Å². The summed E-state index contributed by atoms with van der Waals surface area (Å²) in [5.74, 6) is -1.28. The minimum atomic E-state index is -1.91. The normalized spacial score (nSPS) is 18.3. The molecule has 3 atom stereocenters. The van der Waals surface area contributed by atoms with Crippen molar-refractivity contribution in [1.82, 2.24) is 4.90 Å². The lowest BCUT2D eigenvalue weighted by Crippen LogP contribution is -2.51. The number of carbonyl (C=O) groups is 3. The van der Waals surface area contributed by atoms with Crippen LogP contribution in [0.25, 0.3) is 0 Å². The van der Waals surface area contributed by atoms with Crippen LogP contribution in [0.5, 0.6) is 0 Å². The molecular formula is C21H24N2O6. The van der Waals surface area contributed by atoms with Gasteiger partial charge in [0.1, 0.15) is 17.9 Å². The zero-order valence-electron chi connectivity index (χ0n) is 15.9. The summed E-state index contributed by atoms with van der Waals surface area (Å²) in [6, 6.07) is 11.5. The third kappa shape index (κ3) is 5.10. The van der Waals surface area contributed by atoms with Gasteiger partial charge in [-0.05, 0) is 37.1 Å². The Balaban J connectivity index is 1.58. The second-order valence-corrected chi connectivity index (χ2v) is 6.98. The SMILES string of the molecule is O=C(Nc1ccccc1)[C@H]1CCCN1C(=O)[C@H](O)[C@@H](O)C(=O)CCc1ccco1. The molecule has 0 spiro atoms. The van der Waals surface area contributed by atoms with E-state index in [1.54, 1.807) is 36.4 Å². The number of furan rings is 1. The zero-order valence-corrected chi connectivity index (χ0v) is 15.9. The lowest BCUT2D eigenvalue weighted by molar-refractivity contribution is -0.154. The van der Waals surface area contributed by atoms with E-state index in [4.69, 9.17) is 4.42 Å². The minimum absolute atomic E-state index is 0.0725. The van der Waals surface area contributed by atoms with Crippen LogP contribution in [0.15, 0.2) is 53.1 Å². The van der Waals surface area contributed by atoms with Gasteiger partial charge in [0.15, 0.2) is 11.9 Å². The predicted octanol–water partition coefficient (Wildman–Crippen LogP) is 1.13. The summed E-state index contributed by atoms with van der Waals surface area (Å²) in [5.41, 5.74) is 0.602. The van der Waals surface area contributed by atoms with Crippen LogP contribution in [0.3, 0.4) is 0 Å². The maximum atomic E-state index is 12.7. The molecule has 2 aromatic rings. The number of aryl methyl sites for hydroxylation is 1. The molecule has 29 heavy (non-hydrogen) atoms. The van der Waals surface area contributed by atoms with Crippen molar-refractivity contribution in [3.05, 3.63) is 54.5 Å². The average molecular weight is 400 g/mol. The average Bonchev–Trinajstić information content (AvgIpc) is 3.43. The Bertz CT molecular complexity index is 836. The van der Waals surface area contributed by atoms with Gasteiger partial charge in [-0.2, -0.15) is 0 Å². The number of aliphatic hydroxyl groups excluding tert-OH is 2. The van der Waals surface area contributed by atoms with Gasteiger partial charge < -0.3 is 24.8 Å². The molecule has 8 nitrogen and oxygen atoms in total. The molecule has 2 amide bonds. The van der Waals surface area contributed by atoms with Crippen molar-refractivity contribution < 1.29 is 29.0 Å². The van der Waals surface area contributed by atoms with E-state index in [2.05, 4.69) is 5.32 Å². The van der Waals surface area contributed by atoms with Crippen molar-refractivity contribution in [3.63, 3.8) is 0 Å². The number of ketones is 1. The highest BCUT2D eigenvalue weighted by Gasteiger charge is 2.40. The monoisotopic (exact) mass is 400 g/mol. The fraction of sp³-hybridized carbons (Fsp3) is 0.381. The number of aliphatic hydroxyl groups is 2. The van der Waals surface area contributed by atoms with Crippen LogP contribution in [0.2, 0.25) is 0 Å². The van der Waals surface area contributed by atoms with Crippen LogP contribution in [-0.4, -0.2) is 57.5 Å². The topological polar surface area (TPSA) is 120 Å². The molecule has 0 aliphatic carbocycles. The fourth-order valence-corrected chi connectivity index (χ4v) is 3.38. The van der Waals surface area contributed by atoms with E-state index >= 15 is 0 Å². The highest BCUT2D eigenvalue weighted by molar-refractivity contribution is 5.99. The van der Waals surface area contributed by atoms with Gasteiger partial charge in [-0.1, -0.05) is 18.2 Å². The third-order valence-electron chi connectivity index (χ3n) is 4.96. The number of carbonyl (C=O) groups excluding carboxylic acids is 3. The van der Waals surface area contributed by atoms with Crippen molar-refractivity contribution >= 4 is 23.3 Å². The first-order valence-electron chi connectivity index (χ1n) is 9.55. The summed E-state index contributed by atoms with van der Waals surface area (Å²) in [6.07, 6.45) is -1.07. The Morgan fingerprint density at radius 1 is 1.10 bits per heavy atom. The number of hydrogen-bond acceptors (Lipinski definition) is 6. The smallest absolute Gasteiger partial charge is 0.255 e. The molecule has 1 saturated heterocycles. The predicted molar refractivity (Wildman–Crippen MR) is 104 cm³/mol. The van der Waals surface area contributed by atoms with E-state index < -0.39 is 29.9 Å². The molecule has 3 rings (SSSR count). The summed E-state index contributed by atoms with van der Waals surface area (Å²) in [6.45, 7) is 0.274. The Hall–Kier alpha value is -2.97. The Kier molecular flexibility index (Phi) is 6.79. The Labute approximate surface area is 168 Å². The van der Waals surface area contributed by atoms with Crippen molar-refractivity contribution in [2.45, 2.75) is 43.9 Å². The number of rotatable bonds is 8. The number of para-hydroxylation sites is 1. The van der Waals surface area contributed by atoms with E-state index in [0.717, 1.165) is 0 Å². The summed E-state index contributed by atoms with van der Waals surface area (Å²) >= 11 is 0. The van der Waals surface area contributed by atoms with E-state index in [1.807, 2.05) is 6.07 Å². The fourth-order valence-electron chi connectivity index (χ4n) is 3.38. The molecule has 1 fully saturated rings. The van der Waals surface area contributed by atoms with Crippen molar-refractivity contribution in [2.24, 2.45) is 0 Å². The number of Topliss-reactive ketones (excluding diaryl/α,β-unsaturated/α-hetero) is 1. The molecule has 154 valence electrons. The molecule has 0 radical (unpaired) electrons. The standard InChI is InChI=1S/C21H24N2O6/c24-17(11-10-15-8-5-13-29-15)18(25)19(26)21(28)23-12-4-9-16(23)20(27)22-14-6-2-1-3-7-14/h1-3,5-8,13,16,18-19,25-26H,4,9-12H2,(H,22,27)/t16-,18+,19-/m1/s1. The Morgan fingerprint density at radius 3 is 2.55 bits per heavy atom. The number of hydrogen-bond donors (Lipinski definition) is 3. The van der Waals surface area contributed by atoms with E-state index in [9.17, 15) is 24.6 Å². The van der Waals surface area contributed by atoms with Crippen LogP contribution in [0.4, 0.5) is 5.69 Å². The number of amides is 2. The quantitative estimate of drug-likeness (QED) is 0.611. The molecule has 3 N–H and O–H groups in total. The van der Waals surface area contributed by atoms with Gasteiger partial charge in [0.2, 0.25) is 5.91 Å². The molecule has 0 saturated carbocycles. The number of anilines is 1. The first-order chi connectivity index (χ1) is 14.0. The minimum Gasteiger partial charge on any atom is -0.469 e. The molecule has 1 aliphatic heterocycles. The largest absolute Gasteiger partial charge is 0.469 e. The summed E-state index contributed by atoms with van der Waals surface area (Å²) in [5, 5.41) is 23.1. The van der Waals surface area contributed by atoms with E-state index in [0.29, 0.717) is 24.3 Å². The third-order valence-corrected chi connectivity index (χ3v) is 4.96. The second kappa shape index (κ2) is 9.49. The summed E-state index contributed by atoms with van der Waals surface area (Å²) < 4.78 is 5.13. The molecule has 0 unspecified atom stereocenters. The van der Waals surface area contributed by atoms with Gasteiger partial charge in [0, 0.05) is 25.1 Å². The van der Waals surface area contributed by atoms with Gasteiger partial charge in [-0.15, -0.1) is 0 Å². The summed E-state index contributed by atoms with van der Waals surface area (Å²) in [4.78, 5) is 38.6. The van der Waals surface area contributed by atoms with Crippen LogP contribution in [0, 0.1) is 0 Å². The van der Waals surface area contributed by atoms with Crippen LogP contribution in [-0.2, 0) is 20.8 Å². The Morgan fingerprint density at radius 2 is 1.86 bits per heavy atom. The maximum Gasteiger partial charge on any atom is 0.255 e. The molecule has 1 aromatic heterocycles. The van der Waals surface area contributed by atoms with Crippen LogP contribution < -0.4 is 5.32 Å². The highest BCUT2D eigenvalue weighted by Crippen LogP contribution is 2.21. The van der Waals surface area contributed by atoms with Crippen molar-refractivity contribution in [1.29, 1.82) is 0 Å². The molecule has 2 heterocycles. The lowest BCUT2D eigenvalue weighted by Gasteiger charge is -2.27. The van der Waals surface area contributed by atoms with E-state index in [1.165, 1.54) is 11.2 Å². The number of likely N-dealkylation sites (tertiary alicyclic amines) is 1. The molecular weight excluding hydrogens is 376 g/mol. The van der Waals surface area contributed by atoms with Crippen molar-refractivity contribution in [3.8, 4) is 0 Å².